The number of rotatable bonds is 4. The maximum atomic E-state index is 13.4. The fourth-order valence-corrected chi connectivity index (χ4v) is 3.35. The minimum Gasteiger partial charge on any atom is -0.363 e. The van der Waals surface area contributed by atoms with Gasteiger partial charge in [-0.25, -0.2) is 4.39 Å². The van der Waals surface area contributed by atoms with Crippen molar-refractivity contribution in [3.63, 3.8) is 0 Å². The molecule has 0 atom stereocenters. The van der Waals surface area contributed by atoms with Gasteiger partial charge in [-0.05, 0) is 56.0 Å². The molecule has 1 saturated carbocycles. The van der Waals surface area contributed by atoms with E-state index in [0.717, 1.165) is 32.1 Å². The fourth-order valence-electron chi connectivity index (χ4n) is 3.17. The molecule has 0 radical (unpaired) electrons. The van der Waals surface area contributed by atoms with Crippen LogP contribution in [0.4, 0.5) is 10.1 Å². The second-order valence-corrected chi connectivity index (χ2v) is 6.62. The second-order valence-electron chi connectivity index (χ2n) is 6.22. The molecule has 1 aliphatic carbocycles. The molecule has 2 aromatic rings. The minimum atomic E-state index is -0.535. The van der Waals surface area contributed by atoms with Crippen molar-refractivity contribution in [1.29, 1.82) is 0 Å². The summed E-state index contributed by atoms with van der Waals surface area (Å²) in [7, 11) is 0. The predicted octanol–water partition coefficient (Wildman–Crippen LogP) is 4.98. The zero-order valence-electron chi connectivity index (χ0n) is 13.3. The molecule has 0 spiro atoms. The number of carbonyl (C=O) groups excluding carboxylic acids is 1. The van der Waals surface area contributed by atoms with E-state index in [0.29, 0.717) is 11.3 Å². The van der Waals surface area contributed by atoms with E-state index in [1.807, 2.05) is 18.2 Å². The van der Waals surface area contributed by atoms with Gasteiger partial charge in [-0.2, -0.15) is 0 Å². The average molecular weight is 347 g/mol. The van der Waals surface area contributed by atoms with Gasteiger partial charge in [-0.15, -0.1) is 0 Å². The molecule has 0 saturated heterocycles. The normalized spacial score (nSPS) is 16.4. The van der Waals surface area contributed by atoms with Gasteiger partial charge in [0, 0.05) is 11.3 Å². The maximum absolute atomic E-state index is 13.4. The van der Waals surface area contributed by atoms with E-state index in [1.54, 1.807) is 24.3 Å². The third-order valence-electron chi connectivity index (χ3n) is 4.40. The summed E-state index contributed by atoms with van der Waals surface area (Å²) in [5.41, 5.74) is 0.796. The van der Waals surface area contributed by atoms with Gasteiger partial charge in [-0.1, -0.05) is 36.2 Å². The van der Waals surface area contributed by atoms with Crippen molar-refractivity contribution in [3.05, 3.63) is 64.9 Å². The molecular formula is C19H20ClFN2O. The van der Waals surface area contributed by atoms with Crippen LogP contribution >= 0.6 is 11.6 Å². The Bertz CT molecular complexity index is 715. The molecule has 126 valence electrons. The molecular weight excluding hydrogens is 327 g/mol. The van der Waals surface area contributed by atoms with Crippen LogP contribution in [0.25, 0.3) is 0 Å². The highest BCUT2D eigenvalue weighted by molar-refractivity contribution is 6.31. The number of carbonyl (C=O) groups is 1. The first-order chi connectivity index (χ1) is 11.6. The number of anilines is 1. The summed E-state index contributed by atoms with van der Waals surface area (Å²) >= 11 is 5.88. The van der Waals surface area contributed by atoms with Crippen LogP contribution in [0.2, 0.25) is 5.02 Å². The first kappa shape index (κ1) is 16.8. The Morgan fingerprint density at radius 1 is 1.04 bits per heavy atom. The van der Waals surface area contributed by atoms with Gasteiger partial charge in [-0.3, -0.25) is 4.79 Å². The van der Waals surface area contributed by atoms with E-state index < -0.39 is 11.5 Å². The average Bonchev–Trinajstić information content (AvgIpc) is 2.60. The second kappa shape index (κ2) is 7.22. The van der Waals surface area contributed by atoms with Crippen LogP contribution in [-0.4, -0.2) is 11.6 Å². The van der Waals surface area contributed by atoms with Gasteiger partial charge in [0.25, 0.3) is 5.91 Å². The van der Waals surface area contributed by atoms with Crippen molar-refractivity contribution in [3.8, 4) is 0 Å². The molecule has 0 heterocycles. The van der Waals surface area contributed by atoms with Crippen molar-refractivity contribution in [2.45, 2.75) is 37.8 Å². The van der Waals surface area contributed by atoms with E-state index >= 15 is 0 Å². The van der Waals surface area contributed by atoms with Crippen LogP contribution < -0.4 is 10.6 Å². The molecule has 1 amide bonds. The van der Waals surface area contributed by atoms with Crippen LogP contribution in [-0.2, 0) is 0 Å². The largest absolute Gasteiger partial charge is 0.363 e. The van der Waals surface area contributed by atoms with Gasteiger partial charge in [0.05, 0.1) is 5.02 Å². The summed E-state index contributed by atoms with van der Waals surface area (Å²) < 4.78 is 13.4. The highest BCUT2D eigenvalue weighted by atomic mass is 35.5. The summed E-state index contributed by atoms with van der Waals surface area (Å²) in [6, 6.07) is 13.7. The van der Waals surface area contributed by atoms with E-state index in [1.165, 1.54) is 6.07 Å². The van der Waals surface area contributed by atoms with Gasteiger partial charge in [0.1, 0.15) is 11.5 Å². The Morgan fingerprint density at radius 2 is 1.75 bits per heavy atom. The molecule has 0 bridgehead atoms. The summed E-state index contributed by atoms with van der Waals surface area (Å²) in [6.07, 6.45) is 4.84. The third-order valence-corrected chi connectivity index (χ3v) is 4.69. The molecule has 3 nitrogen and oxygen atoms in total. The summed E-state index contributed by atoms with van der Waals surface area (Å²) in [5, 5.41) is 6.59. The maximum Gasteiger partial charge on any atom is 0.253 e. The molecule has 5 heteroatoms. The summed E-state index contributed by atoms with van der Waals surface area (Å²) in [5.74, 6) is -0.563. The quantitative estimate of drug-likeness (QED) is 0.766. The lowest BCUT2D eigenvalue weighted by atomic mass is 9.88. The van der Waals surface area contributed by atoms with Crippen LogP contribution in [0.15, 0.2) is 48.5 Å². The van der Waals surface area contributed by atoms with Gasteiger partial charge in [0.15, 0.2) is 0 Å². The molecule has 1 fully saturated rings. The summed E-state index contributed by atoms with van der Waals surface area (Å²) in [6.45, 7) is 0. The molecule has 24 heavy (non-hydrogen) atoms. The van der Waals surface area contributed by atoms with E-state index in [-0.39, 0.29) is 10.9 Å². The van der Waals surface area contributed by atoms with Gasteiger partial charge >= 0.3 is 0 Å². The highest BCUT2D eigenvalue weighted by Crippen LogP contribution is 2.31. The number of benzene rings is 2. The predicted molar refractivity (Wildman–Crippen MR) is 94.8 cm³/mol. The van der Waals surface area contributed by atoms with Crippen molar-refractivity contribution in [2.75, 3.05) is 5.32 Å². The molecule has 2 aromatic carbocycles. The molecule has 0 aliphatic heterocycles. The van der Waals surface area contributed by atoms with Gasteiger partial charge < -0.3 is 10.6 Å². The Kier molecular flexibility index (Phi) is 5.05. The summed E-state index contributed by atoms with van der Waals surface area (Å²) in [4.78, 5) is 12.6. The monoisotopic (exact) mass is 346 g/mol. The van der Waals surface area contributed by atoms with E-state index in [9.17, 15) is 9.18 Å². The third kappa shape index (κ3) is 3.88. The molecule has 3 rings (SSSR count). The standard InChI is InChI=1S/C19H20ClFN2O/c20-16-13-15(9-10-17(16)21)22-19(11-5-2-6-12-19)23-18(24)14-7-3-1-4-8-14/h1,3-4,7-10,13,22H,2,5-6,11-12H2,(H,23,24). The van der Waals surface area contributed by atoms with Crippen molar-refractivity contribution in [1.82, 2.24) is 5.32 Å². The lowest BCUT2D eigenvalue weighted by molar-refractivity contribution is 0.0888. The van der Waals surface area contributed by atoms with Gasteiger partial charge in [0.2, 0.25) is 0 Å². The lowest BCUT2D eigenvalue weighted by Crippen LogP contribution is -2.55. The Morgan fingerprint density at radius 3 is 2.42 bits per heavy atom. The van der Waals surface area contributed by atoms with E-state index in [2.05, 4.69) is 10.6 Å². The Balaban J connectivity index is 1.81. The number of hydrogen-bond donors (Lipinski definition) is 2. The zero-order valence-corrected chi connectivity index (χ0v) is 14.1. The Labute approximate surface area is 146 Å². The first-order valence-electron chi connectivity index (χ1n) is 8.19. The topological polar surface area (TPSA) is 41.1 Å². The minimum absolute atomic E-state index is 0.0698. The molecule has 2 N–H and O–H groups in total. The van der Waals surface area contributed by atoms with Crippen molar-refractivity contribution >= 4 is 23.2 Å². The fraction of sp³-hybridized carbons (Fsp3) is 0.316. The van der Waals surface area contributed by atoms with E-state index in [4.69, 9.17) is 11.6 Å². The van der Waals surface area contributed by atoms with Crippen LogP contribution in [0.1, 0.15) is 42.5 Å². The molecule has 1 aliphatic rings. The molecule has 0 aromatic heterocycles. The van der Waals surface area contributed by atoms with Crippen LogP contribution in [0, 0.1) is 5.82 Å². The van der Waals surface area contributed by atoms with Crippen molar-refractivity contribution in [2.24, 2.45) is 0 Å². The number of nitrogens with one attached hydrogen (secondary N) is 2. The first-order valence-corrected chi connectivity index (χ1v) is 8.57. The van der Waals surface area contributed by atoms with Crippen LogP contribution in [0.3, 0.4) is 0 Å². The smallest absolute Gasteiger partial charge is 0.253 e. The molecule has 0 unspecified atom stereocenters. The lowest BCUT2D eigenvalue weighted by Gasteiger charge is -2.39. The zero-order chi connectivity index (χ0) is 17.0. The van der Waals surface area contributed by atoms with Crippen LogP contribution in [0.5, 0.6) is 0 Å². The highest BCUT2D eigenvalue weighted by Gasteiger charge is 2.33. The number of hydrogen-bond acceptors (Lipinski definition) is 2. The van der Waals surface area contributed by atoms with Crippen molar-refractivity contribution < 1.29 is 9.18 Å². The SMILES string of the molecule is O=C(NC1(Nc2ccc(F)c(Cl)c2)CCCCC1)c1ccccc1. The number of amides is 1. The Hall–Kier alpha value is -2.07. The number of halogens is 2.